The van der Waals surface area contributed by atoms with Crippen molar-refractivity contribution in [2.24, 2.45) is 11.8 Å². The largest absolute Gasteiger partial charge is 0.481 e. The molecule has 0 saturated carbocycles. The number of aromatic nitrogens is 8. The van der Waals surface area contributed by atoms with Crippen LogP contribution < -0.4 is 10.6 Å². The molecule has 61 heavy (non-hydrogen) atoms. The minimum atomic E-state index is -4.28. The predicted molar refractivity (Wildman–Crippen MR) is 229 cm³/mol. The van der Waals surface area contributed by atoms with E-state index in [9.17, 15) is 27.9 Å². The fourth-order valence-electron chi connectivity index (χ4n) is 7.88. The molecule has 3 N–H and O–H groups in total. The van der Waals surface area contributed by atoms with Crippen LogP contribution >= 0.6 is 45.9 Å². The third-order valence-electron chi connectivity index (χ3n) is 11.0. The van der Waals surface area contributed by atoms with Crippen LogP contribution in [0.3, 0.4) is 0 Å². The number of nitrogens with zero attached hydrogens (tertiary/aromatic N) is 9. The van der Waals surface area contributed by atoms with Crippen LogP contribution in [0.1, 0.15) is 40.1 Å². The predicted octanol–water partition coefficient (Wildman–Crippen LogP) is 9.18. The first-order valence-corrected chi connectivity index (χ1v) is 21.5. The van der Waals surface area contributed by atoms with Crippen molar-refractivity contribution >= 4 is 112 Å². The van der Waals surface area contributed by atoms with E-state index in [0.717, 1.165) is 58.0 Å². The molecule has 10 rings (SSSR count). The molecule has 0 saturated heterocycles. The Bertz CT molecular complexity index is 2990. The second-order valence-electron chi connectivity index (χ2n) is 14.9. The van der Waals surface area contributed by atoms with Crippen LogP contribution in [0.5, 0.6) is 0 Å². The number of halogens is 5. The van der Waals surface area contributed by atoms with Gasteiger partial charge in [-0.25, -0.2) is 29.0 Å². The van der Waals surface area contributed by atoms with Crippen LogP contribution in [-0.4, -0.2) is 80.8 Å². The lowest BCUT2D eigenvalue weighted by atomic mass is 9.87. The molecule has 0 bridgehead atoms. The maximum absolute atomic E-state index is 12.8. The van der Waals surface area contributed by atoms with E-state index in [4.69, 9.17) is 23.2 Å². The number of carboxylic acids is 1. The fourth-order valence-corrected chi connectivity index (χ4v) is 10.8. The van der Waals surface area contributed by atoms with Crippen molar-refractivity contribution in [3.8, 4) is 0 Å². The topological polar surface area (TPSA) is 168 Å². The van der Waals surface area contributed by atoms with Crippen molar-refractivity contribution in [3.05, 3.63) is 92.6 Å². The molecule has 1 amide bonds. The van der Waals surface area contributed by atoms with Crippen LogP contribution in [0.15, 0.2) is 61.7 Å². The summed E-state index contributed by atoms with van der Waals surface area (Å²) < 4.78 is 41.0. The van der Waals surface area contributed by atoms with E-state index in [1.165, 1.54) is 35.9 Å². The zero-order valence-electron chi connectivity index (χ0n) is 32.1. The number of thiophene rings is 2. The fraction of sp³-hybridized carbons (Fsp3) is 0.300. The maximum Gasteiger partial charge on any atom is 0.390 e. The quantitative estimate of drug-likeness (QED) is 0.133. The first kappa shape index (κ1) is 40.8. The molecule has 0 unspecified atom stereocenters. The average molecular weight is 909 g/mol. The Kier molecular flexibility index (Phi) is 10.9. The summed E-state index contributed by atoms with van der Waals surface area (Å²) in [7, 11) is 1.43. The molecule has 14 nitrogen and oxygen atoms in total. The van der Waals surface area contributed by atoms with Crippen LogP contribution in [0.4, 0.5) is 36.2 Å². The van der Waals surface area contributed by atoms with Gasteiger partial charge in [0, 0.05) is 54.1 Å². The first-order chi connectivity index (χ1) is 29.3. The van der Waals surface area contributed by atoms with E-state index in [2.05, 4.69) is 40.8 Å². The van der Waals surface area contributed by atoms with Crippen molar-refractivity contribution in [1.29, 1.82) is 0 Å². The molecule has 2 aliphatic carbocycles. The first-order valence-electron chi connectivity index (χ1n) is 19.1. The molecule has 8 heterocycles. The smallest absolute Gasteiger partial charge is 0.390 e. The molecule has 0 spiro atoms. The number of carbonyl (C=O) groups excluding carboxylic acids is 1. The molecule has 314 valence electrons. The van der Waals surface area contributed by atoms with Gasteiger partial charge in [0.1, 0.15) is 34.0 Å². The highest BCUT2D eigenvalue weighted by Crippen LogP contribution is 2.43. The number of alkyl halides is 3. The van der Waals surface area contributed by atoms with Crippen LogP contribution in [0.25, 0.3) is 31.5 Å². The highest BCUT2D eigenvalue weighted by molar-refractivity contribution is 7.19. The van der Waals surface area contributed by atoms with E-state index < -0.39 is 18.6 Å². The lowest BCUT2D eigenvalue weighted by Gasteiger charge is -2.27. The van der Waals surface area contributed by atoms with E-state index >= 15 is 0 Å². The highest BCUT2D eigenvalue weighted by Gasteiger charge is 2.33. The van der Waals surface area contributed by atoms with Crippen molar-refractivity contribution in [2.45, 2.75) is 51.1 Å². The van der Waals surface area contributed by atoms with Crippen molar-refractivity contribution in [1.82, 2.24) is 44.1 Å². The average Bonchev–Trinajstić information content (AvgIpc) is 4.04. The Morgan fingerprint density at radius 3 is 1.80 bits per heavy atom. The van der Waals surface area contributed by atoms with Gasteiger partial charge in [0.05, 0.1) is 55.6 Å². The standard InChI is InChI=1S/C22H20ClF3N6OS.C18H14ClN5O2S/c1-31(7-5-22(24,25)26)21(33)12-2-3-14-17(8-12)34-20-18(14)19(27-11-28-20)30-16-9-13-4-6-29-32(13)10-15(16)23;19-12-7-24-10(3-4-22-24)6-13(12)23-16-15-11-2-1-9(18(25)26)5-14(11)27-17(15)21-8-20-16/h4,6,9-12H,2-3,5,7-8H2,1H3,(H,27,28,30);3-4,6-9H,1-2,5H2,(H,25,26)(H,20,21,23)/t12-;9-/m00/s1. The number of amides is 1. The zero-order valence-corrected chi connectivity index (χ0v) is 35.2. The Labute approximate surface area is 362 Å². The minimum absolute atomic E-state index is 0.252. The number of fused-ring (bicyclic) bond motifs is 8. The van der Waals surface area contributed by atoms with Crippen molar-refractivity contribution in [2.75, 3.05) is 24.2 Å². The molecule has 2 aliphatic rings. The molecule has 8 aromatic heterocycles. The maximum atomic E-state index is 12.8. The number of hydrogen-bond donors (Lipinski definition) is 3. The van der Waals surface area contributed by atoms with Gasteiger partial charge in [0.15, 0.2) is 0 Å². The van der Waals surface area contributed by atoms with Crippen LogP contribution in [-0.2, 0) is 35.3 Å². The van der Waals surface area contributed by atoms with Gasteiger partial charge in [-0.15, -0.1) is 22.7 Å². The van der Waals surface area contributed by atoms with Gasteiger partial charge in [0.25, 0.3) is 0 Å². The van der Waals surface area contributed by atoms with Gasteiger partial charge >= 0.3 is 12.1 Å². The van der Waals surface area contributed by atoms with Crippen LogP contribution in [0.2, 0.25) is 10.0 Å². The van der Waals surface area contributed by atoms with E-state index in [1.54, 1.807) is 45.2 Å². The number of rotatable bonds is 8. The molecular weight excluding hydrogens is 875 g/mol. The lowest BCUT2D eigenvalue weighted by molar-refractivity contribution is -0.146. The highest BCUT2D eigenvalue weighted by atomic mass is 35.5. The van der Waals surface area contributed by atoms with Gasteiger partial charge in [-0.3, -0.25) is 9.59 Å². The number of carbonyl (C=O) groups is 2. The number of anilines is 4. The van der Waals surface area contributed by atoms with Gasteiger partial charge in [-0.2, -0.15) is 23.4 Å². The number of aliphatic carboxylic acids is 1. The summed E-state index contributed by atoms with van der Waals surface area (Å²) in [5, 5.41) is 27.2. The Balaban J connectivity index is 0.000000160. The molecule has 0 radical (unpaired) electrons. The summed E-state index contributed by atoms with van der Waals surface area (Å²) in [4.78, 5) is 46.8. The molecule has 0 aliphatic heterocycles. The summed E-state index contributed by atoms with van der Waals surface area (Å²) in [5.41, 5.74) is 5.45. The molecular formula is C40H34Cl2F3N11O3S2. The summed E-state index contributed by atoms with van der Waals surface area (Å²) in [6.45, 7) is -0.333. The minimum Gasteiger partial charge on any atom is -0.481 e. The molecule has 21 heteroatoms. The third kappa shape index (κ3) is 8.26. The van der Waals surface area contributed by atoms with Crippen molar-refractivity contribution < 1.29 is 27.9 Å². The Morgan fingerprint density at radius 2 is 1.31 bits per heavy atom. The normalized spacial score (nSPS) is 16.3. The molecule has 2 atom stereocenters. The monoisotopic (exact) mass is 907 g/mol. The Morgan fingerprint density at radius 1 is 0.820 bits per heavy atom. The second kappa shape index (κ2) is 16.3. The summed E-state index contributed by atoms with van der Waals surface area (Å²) >= 11 is 15.9. The second-order valence-corrected chi connectivity index (χ2v) is 17.9. The van der Waals surface area contributed by atoms with Crippen LogP contribution in [0, 0.1) is 11.8 Å². The van der Waals surface area contributed by atoms with E-state index in [0.29, 0.717) is 65.9 Å². The molecule has 0 aromatic carbocycles. The number of hydrogen-bond acceptors (Lipinski definition) is 12. The van der Waals surface area contributed by atoms with Gasteiger partial charge in [0.2, 0.25) is 5.91 Å². The number of carboxylic acid groups (broad SMARTS) is 1. The molecule has 8 aromatic rings. The SMILES string of the molecule is CN(CCC(F)(F)F)C(=O)[C@H]1CCc2c(sc3ncnc(Nc4cc5ccnn5cc4Cl)c23)C1.O=C(O)[C@H]1CCc2c(sc3ncnc(Nc4cc5ccnn5cc4Cl)c23)C1. The summed E-state index contributed by atoms with van der Waals surface area (Å²) in [6, 6.07) is 7.57. The van der Waals surface area contributed by atoms with Gasteiger partial charge in [-0.1, -0.05) is 23.2 Å². The zero-order chi connectivity index (χ0) is 42.6. The number of aryl methyl sites for hydroxylation is 2. The number of nitrogens with one attached hydrogen (secondary N) is 2. The molecule has 0 fully saturated rings. The lowest BCUT2D eigenvalue weighted by Crippen LogP contribution is -2.37. The summed E-state index contributed by atoms with van der Waals surface area (Å²) in [6.07, 6.45) is 8.12. The van der Waals surface area contributed by atoms with Crippen molar-refractivity contribution in [3.63, 3.8) is 0 Å². The van der Waals surface area contributed by atoms with Gasteiger partial charge < -0.3 is 20.6 Å². The number of pyridine rings is 2. The summed E-state index contributed by atoms with van der Waals surface area (Å²) in [5.74, 6) is -0.339. The Hall–Kier alpha value is -5.63. The van der Waals surface area contributed by atoms with E-state index in [1.807, 2.05) is 24.3 Å². The van der Waals surface area contributed by atoms with Gasteiger partial charge in [-0.05, 0) is 73.9 Å². The van der Waals surface area contributed by atoms with E-state index in [-0.39, 0.29) is 24.3 Å². The third-order valence-corrected chi connectivity index (χ3v) is 13.9.